The predicted octanol–water partition coefficient (Wildman–Crippen LogP) is 4.51. The summed E-state index contributed by atoms with van der Waals surface area (Å²) in [5.41, 5.74) is 7.52. The van der Waals surface area contributed by atoms with Crippen LogP contribution >= 0.6 is 0 Å². The van der Waals surface area contributed by atoms with Gasteiger partial charge in [-0.1, -0.05) is 0 Å². The van der Waals surface area contributed by atoms with Gasteiger partial charge >= 0.3 is 5.97 Å². The molecular formula is C31H32FN3O8S. The molecule has 3 N–H and O–H groups in total. The summed E-state index contributed by atoms with van der Waals surface area (Å²) in [6.45, 7) is 2.91. The lowest BCUT2D eigenvalue weighted by molar-refractivity contribution is -0.150. The largest absolute Gasteiger partial charge is 0.462 e. The molecule has 3 aromatic carbocycles. The van der Waals surface area contributed by atoms with Gasteiger partial charge in [-0.3, -0.25) is 13.9 Å². The van der Waals surface area contributed by atoms with E-state index in [0.717, 1.165) is 6.26 Å². The van der Waals surface area contributed by atoms with Gasteiger partial charge in [0.25, 0.3) is 5.91 Å². The molecule has 0 aliphatic carbocycles. The molecule has 232 valence electrons. The Morgan fingerprint density at radius 3 is 2.34 bits per heavy atom. The van der Waals surface area contributed by atoms with E-state index in [1.165, 1.54) is 42.5 Å². The van der Waals surface area contributed by atoms with E-state index < -0.39 is 40.1 Å². The number of hydrogen-bond acceptors (Lipinski definition) is 9. The number of ether oxygens (including phenoxy) is 3. The van der Waals surface area contributed by atoms with Gasteiger partial charge in [0.15, 0.2) is 0 Å². The Kier molecular flexibility index (Phi) is 8.64. The van der Waals surface area contributed by atoms with Crippen molar-refractivity contribution in [2.24, 2.45) is 5.73 Å². The number of fused-ring (bicyclic) bond motifs is 2. The molecule has 0 saturated heterocycles. The third-order valence-corrected chi connectivity index (χ3v) is 8.26. The number of hydrogen-bond donors (Lipinski definition) is 2. The van der Waals surface area contributed by atoms with E-state index in [1.807, 2.05) is 0 Å². The number of benzene rings is 3. The molecule has 5 rings (SSSR count). The SMILES string of the molecule is CNC(=O)c1c(-c2ccc(Oc3ccc(F)cc3)cc2)oc2cc3c(cc12)[C@H](C)O[C@H](COC(=O)[C@H](C)N)CN3S(C)(=O)=O. The second-order valence-electron chi connectivity index (χ2n) is 10.5. The van der Waals surface area contributed by atoms with Crippen molar-refractivity contribution in [2.45, 2.75) is 32.1 Å². The van der Waals surface area contributed by atoms with Crippen LogP contribution in [0.1, 0.15) is 35.9 Å². The lowest BCUT2D eigenvalue weighted by atomic mass is 10.0. The van der Waals surface area contributed by atoms with Crippen LogP contribution in [0, 0.1) is 5.82 Å². The van der Waals surface area contributed by atoms with Crippen molar-refractivity contribution < 1.29 is 41.0 Å². The molecule has 0 fully saturated rings. The second kappa shape index (κ2) is 12.3. The summed E-state index contributed by atoms with van der Waals surface area (Å²) in [6, 6.07) is 14.8. The van der Waals surface area contributed by atoms with Crippen molar-refractivity contribution >= 4 is 38.6 Å². The Hall–Kier alpha value is -4.46. The Morgan fingerprint density at radius 1 is 1.11 bits per heavy atom. The van der Waals surface area contributed by atoms with Crippen LogP contribution in [0.15, 0.2) is 65.1 Å². The van der Waals surface area contributed by atoms with E-state index in [1.54, 1.807) is 43.3 Å². The summed E-state index contributed by atoms with van der Waals surface area (Å²) in [7, 11) is -2.32. The highest BCUT2D eigenvalue weighted by Crippen LogP contribution is 2.42. The Balaban J connectivity index is 1.55. The van der Waals surface area contributed by atoms with Gasteiger partial charge in [0.2, 0.25) is 10.0 Å². The molecule has 1 aromatic heterocycles. The van der Waals surface area contributed by atoms with Crippen LogP contribution in [-0.2, 0) is 24.3 Å². The molecule has 0 saturated carbocycles. The van der Waals surface area contributed by atoms with Crippen molar-refractivity contribution in [3.8, 4) is 22.8 Å². The van der Waals surface area contributed by atoms with Crippen LogP contribution in [-0.4, -0.2) is 58.9 Å². The molecule has 0 radical (unpaired) electrons. The van der Waals surface area contributed by atoms with Crippen LogP contribution in [0.2, 0.25) is 0 Å². The summed E-state index contributed by atoms with van der Waals surface area (Å²) >= 11 is 0. The van der Waals surface area contributed by atoms with E-state index in [2.05, 4.69) is 5.32 Å². The molecular weight excluding hydrogens is 593 g/mol. The standard InChI is InChI=1S/C31H32FN3O8S/c1-17(33)31(37)40-16-23-15-35(44(4,38)39)26-14-27-25(13-24(26)18(2)41-23)28(30(36)34-3)29(43-27)19-5-9-21(10-6-19)42-22-11-7-20(32)8-12-22/h5-14,17-18,23H,15-16,33H2,1-4H3,(H,34,36)/t17-,18-,23-/m0/s1. The number of sulfonamides is 1. The van der Waals surface area contributed by atoms with E-state index in [4.69, 9.17) is 24.4 Å². The lowest BCUT2D eigenvalue weighted by Crippen LogP contribution is -2.40. The molecule has 44 heavy (non-hydrogen) atoms. The lowest BCUT2D eigenvalue weighted by Gasteiger charge is -2.25. The maximum absolute atomic E-state index is 13.2. The molecule has 1 aliphatic rings. The molecule has 11 nitrogen and oxygen atoms in total. The summed E-state index contributed by atoms with van der Waals surface area (Å²) in [6.07, 6.45) is -0.356. The van der Waals surface area contributed by atoms with Crippen molar-refractivity contribution in [2.75, 3.05) is 30.8 Å². The van der Waals surface area contributed by atoms with Gasteiger partial charge in [0, 0.05) is 29.6 Å². The Bertz CT molecular complexity index is 1800. The predicted molar refractivity (Wildman–Crippen MR) is 162 cm³/mol. The molecule has 1 amide bonds. The van der Waals surface area contributed by atoms with Gasteiger partial charge in [0.1, 0.15) is 47.4 Å². The maximum atomic E-state index is 13.2. The van der Waals surface area contributed by atoms with E-state index >= 15 is 0 Å². The number of furan rings is 1. The van der Waals surface area contributed by atoms with Crippen molar-refractivity contribution in [3.05, 3.63) is 77.6 Å². The number of carbonyl (C=O) groups is 2. The van der Waals surface area contributed by atoms with Gasteiger partial charge in [-0.25, -0.2) is 12.8 Å². The number of amides is 1. The third kappa shape index (κ3) is 6.39. The molecule has 13 heteroatoms. The number of nitrogens with two attached hydrogens (primary N) is 1. The number of esters is 1. The minimum atomic E-state index is -3.82. The van der Waals surface area contributed by atoms with Crippen LogP contribution in [0.3, 0.4) is 0 Å². The highest BCUT2D eigenvalue weighted by Gasteiger charge is 2.34. The molecule has 1 aliphatic heterocycles. The maximum Gasteiger partial charge on any atom is 0.322 e. The molecule has 0 bridgehead atoms. The van der Waals surface area contributed by atoms with Gasteiger partial charge in [0.05, 0.1) is 30.2 Å². The Labute approximate surface area is 253 Å². The highest BCUT2D eigenvalue weighted by atomic mass is 32.2. The zero-order valence-electron chi connectivity index (χ0n) is 24.5. The zero-order valence-corrected chi connectivity index (χ0v) is 25.3. The number of carbonyl (C=O) groups excluding carboxylic acids is 2. The normalized spacial score (nSPS) is 17.5. The first kappa shape index (κ1) is 31.0. The average molecular weight is 626 g/mol. The van der Waals surface area contributed by atoms with E-state index in [9.17, 15) is 22.4 Å². The minimum Gasteiger partial charge on any atom is -0.462 e. The fraction of sp³-hybridized carbons (Fsp3) is 0.290. The summed E-state index contributed by atoms with van der Waals surface area (Å²) in [5, 5.41) is 3.10. The summed E-state index contributed by atoms with van der Waals surface area (Å²) in [5.74, 6) is -0.206. The topological polar surface area (TPSA) is 150 Å². The van der Waals surface area contributed by atoms with Crippen LogP contribution in [0.25, 0.3) is 22.3 Å². The molecule has 0 spiro atoms. The van der Waals surface area contributed by atoms with E-state index in [0.29, 0.717) is 33.7 Å². The van der Waals surface area contributed by atoms with Crippen molar-refractivity contribution in [1.29, 1.82) is 0 Å². The number of rotatable bonds is 8. The number of anilines is 1. The first-order valence-electron chi connectivity index (χ1n) is 13.8. The molecule has 2 heterocycles. The average Bonchev–Trinajstić information content (AvgIpc) is 3.29. The Morgan fingerprint density at radius 2 is 1.75 bits per heavy atom. The fourth-order valence-electron chi connectivity index (χ4n) is 4.96. The molecule has 4 aromatic rings. The number of halogens is 1. The number of nitrogens with zero attached hydrogens (tertiary/aromatic N) is 1. The second-order valence-corrected chi connectivity index (χ2v) is 12.4. The van der Waals surface area contributed by atoms with Gasteiger partial charge in [-0.2, -0.15) is 0 Å². The summed E-state index contributed by atoms with van der Waals surface area (Å²) < 4.78 is 63.8. The van der Waals surface area contributed by atoms with Crippen LogP contribution in [0.5, 0.6) is 11.5 Å². The zero-order chi connectivity index (χ0) is 31.8. The first-order chi connectivity index (χ1) is 20.8. The smallest absolute Gasteiger partial charge is 0.322 e. The minimum absolute atomic E-state index is 0.126. The van der Waals surface area contributed by atoms with E-state index in [-0.39, 0.29) is 35.9 Å². The third-order valence-electron chi connectivity index (χ3n) is 7.11. The summed E-state index contributed by atoms with van der Waals surface area (Å²) in [4.78, 5) is 25.2. The van der Waals surface area contributed by atoms with Crippen LogP contribution in [0.4, 0.5) is 10.1 Å². The fourth-order valence-corrected chi connectivity index (χ4v) is 5.91. The molecule has 3 atom stereocenters. The van der Waals surface area contributed by atoms with Gasteiger partial charge < -0.3 is 29.7 Å². The monoisotopic (exact) mass is 625 g/mol. The van der Waals surface area contributed by atoms with Gasteiger partial charge in [-0.05, 0) is 68.4 Å². The first-order valence-corrected chi connectivity index (χ1v) is 15.6. The highest BCUT2D eigenvalue weighted by molar-refractivity contribution is 7.92. The van der Waals surface area contributed by atoms with Gasteiger partial charge in [-0.15, -0.1) is 0 Å². The van der Waals surface area contributed by atoms with Crippen molar-refractivity contribution in [3.63, 3.8) is 0 Å². The molecule has 0 unspecified atom stereocenters. The quantitative estimate of drug-likeness (QED) is 0.270. The van der Waals surface area contributed by atoms with Crippen LogP contribution < -0.4 is 20.1 Å². The van der Waals surface area contributed by atoms with Crippen molar-refractivity contribution in [1.82, 2.24) is 5.32 Å². The number of nitrogens with one attached hydrogen (secondary N) is 1.